The van der Waals surface area contributed by atoms with Crippen LogP contribution in [-0.2, 0) is 27.2 Å². The summed E-state index contributed by atoms with van der Waals surface area (Å²) in [6.45, 7) is 0.251. The molecule has 32 heavy (non-hydrogen) atoms. The normalized spacial score (nSPS) is 14.5. The van der Waals surface area contributed by atoms with Gasteiger partial charge in [0, 0.05) is 29.1 Å². The van der Waals surface area contributed by atoms with Gasteiger partial charge in [-0.1, -0.05) is 0 Å². The Bertz CT molecular complexity index is 1170. The summed E-state index contributed by atoms with van der Waals surface area (Å²) in [6, 6.07) is 10.6. The van der Waals surface area contributed by atoms with Gasteiger partial charge in [0.25, 0.3) is 5.91 Å². The van der Waals surface area contributed by atoms with Crippen LogP contribution in [0, 0.1) is 0 Å². The Kier molecular flexibility index (Phi) is 5.58. The monoisotopic (exact) mass is 437 g/mol. The molecule has 2 aromatic carbocycles. The van der Waals surface area contributed by atoms with Gasteiger partial charge in [0.1, 0.15) is 30.3 Å². The highest BCUT2D eigenvalue weighted by Crippen LogP contribution is 2.34. The molecule has 8 nitrogen and oxygen atoms in total. The highest BCUT2D eigenvalue weighted by molar-refractivity contribution is 5.93. The lowest BCUT2D eigenvalue weighted by Gasteiger charge is -2.19. The SMILES string of the molecule is O=C(COC(=O)COc1ccc2oc3c(c2c1)CCCC3)Nc1ccc2c(c1)OCCO2. The van der Waals surface area contributed by atoms with Crippen LogP contribution in [0.4, 0.5) is 5.69 Å². The molecule has 1 aliphatic carbocycles. The maximum absolute atomic E-state index is 12.1. The second-order valence-electron chi connectivity index (χ2n) is 7.72. The predicted molar refractivity (Wildman–Crippen MR) is 115 cm³/mol. The van der Waals surface area contributed by atoms with Gasteiger partial charge in [-0.15, -0.1) is 0 Å². The number of esters is 1. The van der Waals surface area contributed by atoms with Gasteiger partial charge >= 0.3 is 5.97 Å². The van der Waals surface area contributed by atoms with E-state index >= 15 is 0 Å². The first-order chi connectivity index (χ1) is 15.7. The van der Waals surface area contributed by atoms with Gasteiger partial charge in [-0.05, 0) is 49.6 Å². The number of hydrogen-bond donors (Lipinski definition) is 1. The number of ether oxygens (including phenoxy) is 4. The van der Waals surface area contributed by atoms with Gasteiger partial charge in [0.05, 0.1) is 0 Å². The van der Waals surface area contributed by atoms with Crippen molar-refractivity contribution in [3.63, 3.8) is 0 Å². The van der Waals surface area contributed by atoms with Gasteiger partial charge in [0.2, 0.25) is 0 Å². The highest BCUT2D eigenvalue weighted by atomic mass is 16.6. The van der Waals surface area contributed by atoms with Crippen molar-refractivity contribution in [1.82, 2.24) is 0 Å². The molecule has 0 saturated carbocycles. The van der Waals surface area contributed by atoms with Crippen molar-refractivity contribution in [2.75, 3.05) is 31.7 Å². The summed E-state index contributed by atoms with van der Waals surface area (Å²) in [4.78, 5) is 24.1. The fourth-order valence-electron chi connectivity index (χ4n) is 3.98. The Hall–Kier alpha value is -3.68. The van der Waals surface area contributed by atoms with E-state index in [0.717, 1.165) is 42.4 Å². The van der Waals surface area contributed by atoms with E-state index in [4.69, 9.17) is 23.4 Å². The molecule has 2 heterocycles. The van der Waals surface area contributed by atoms with E-state index in [-0.39, 0.29) is 6.61 Å². The number of fused-ring (bicyclic) bond motifs is 4. The van der Waals surface area contributed by atoms with Crippen molar-refractivity contribution in [2.45, 2.75) is 25.7 Å². The third kappa shape index (κ3) is 4.34. The molecule has 0 unspecified atom stereocenters. The van der Waals surface area contributed by atoms with Crippen LogP contribution < -0.4 is 19.5 Å². The largest absolute Gasteiger partial charge is 0.486 e. The summed E-state index contributed by atoms with van der Waals surface area (Å²) in [5.74, 6) is 1.72. The maximum atomic E-state index is 12.1. The summed E-state index contributed by atoms with van der Waals surface area (Å²) in [6.07, 6.45) is 4.24. The summed E-state index contributed by atoms with van der Waals surface area (Å²) in [5.41, 5.74) is 2.60. The Labute approximate surface area is 184 Å². The molecule has 3 aromatic rings. The molecule has 1 aromatic heterocycles. The highest BCUT2D eigenvalue weighted by Gasteiger charge is 2.18. The minimum atomic E-state index is -0.628. The van der Waals surface area contributed by atoms with Gasteiger partial charge in [0.15, 0.2) is 24.7 Å². The van der Waals surface area contributed by atoms with Crippen molar-refractivity contribution in [2.24, 2.45) is 0 Å². The first kappa shape index (κ1) is 20.2. The van der Waals surface area contributed by atoms with Crippen molar-refractivity contribution < 1.29 is 33.0 Å². The number of hydrogen-bond acceptors (Lipinski definition) is 7. The van der Waals surface area contributed by atoms with Crippen LogP contribution in [-0.4, -0.2) is 38.3 Å². The molecule has 0 atom stereocenters. The molecule has 0 spiro atoms. The zero-order valence-corrected chi connectivity index (χ0v) is 17.5. The molecular formula is C24H23NO7. The topological polar surface area (TPSA) is 96.2 Å². The first-order valence-corrected chi connectivity index (χ1v) is 10.7. The van der Waals surface area contributed by atoms with Crippen LogP contribution in [0.3, 0.4) is 0 Å². The van der Waals surface area contributed by atoms with E-state index in [1.54, 1.807) is 24.3 Å². The van der Waals surface area contributed by atoms with E-state index in [1.165, 1.54) is 5.56 Å². The van der Waals surface area contributed by atoms with Gasteiger partial charge in [-0.2, -0.15) is 0 Å². The average Bonchev–Trinajstić information content (AvgIpc) is 3.19. The molecule has 1 amide bonds. The second-order valence-corrected chi connectivity index (χ2v) is 7.72. The molecule has 0 saturated heterocycles. The summed E-state index contributed by atoms with van der Waals surface area (Å²) in [5, 5.41) is 3.70. The third-order valence-electron chi connectivity index (χ3n) is 5.47. The number of nitrogens with one attached hydrogen (secondary N) is 1. The maximum Gasteiger partial charge on any atom is 0.344 e. The number of amides is 1. The number of rotatable bonds is 6. The molecule has 166 valence electrons. The van der Waals surface area contributed by atoms with Crippen LogP contribution >= 0.6 is 0 Å². The third-order valence-corrected chi connectivity index (χ3v) is 5.47. The van der Waals surface area contributed by atoms with Crippen molar-refractivity contribution in [3.05, 3.63) is 47.7 Å². The Morgan fingerprint density at radius 1 is 0.938 bits per heavy atom. The average molecular weight is 437 g/mol. The van der Waals surface area contributed by atoms with Crippen molar-refractivity contribution in [3.8, 4) is 17.2 Å². The van der Waals surface area contributed by atoms with Crippen LogP contribution in [0.15, 0.2) is 40.8 Å². The molecule has 0 fully saturated rings. The molecule has 0 radical (unpaired) electrons. The lowest BCUT2D eigenvalue weighted by atomic mass is 9.96. The number of carbonyl (C=O) groups excluding carboxylic acids is 2. The number of anilines is 1. The molecule has 1 N–H and O–H groups in total. The molecule has 2 aliphatic rings. The van der Waals surface area contributed by atoms with Crippen molar-refractivity contribution >= 4 is 28.5 Å². The quantitative estimate of drug-likeness (QED) is 0.588. The Morgan fingerprint density at radius 3 is 2.69 bits per heavy atom. The van der Waals surface area contributed by atoms with Gasteiger partial charge in [-0.25, -0.2) is 4.79 Å². The number of carbonyl (C=O) groups is 2. The van der Waals surface area contributed by atoms with Gasteiger partial charge < -0.3 is 28.7 Å². The zero-order chi connectivity index (χ0) is 21.9. The molecular weight excluding hydrogens is 414 g/mol. The fraction of sp³-hybridized carbons (Fsp3) is 0.333. The molecule has 5 rings (SSSR count). The van der Waals surface area contributed by atoms with Crippen LogP contribution in [0.25, 0.3) is 11.0 Å². The lowest BCUT2D eigenvalue weighted by molar-refractivity contribution is -0.149. The second kappa shape index (κ2) is 8.82. The Morgan fingerprint density at radius 2 is 1.78 bits per heavy atom. The van der Waals surface area contributed by atoms with E-state index in [0.29, 0.717) is 36.1 Å². The zero-order valence-electron chi connectivity index (χ0n) is 17.5. The summed E-state index contributed by atoms with van der Waals surface area (Å²) >= 11 is 0. The minimum absolute atomic E-state index is 0.289. The Balaban J connectivity index is 1.11. The lowest BCUT2D eigenvalue weighted by Crippen LogP contribution is -2.23. The first-order valence-electron chi connectivity index (χ1n) is 10.7. The van der Waals surface area contributed by atoms with E-state index < -0.39 is 18.5 Å². The predicted octanol–water partition coefficient (Wildman–Crippen LogP) is 3.64. The molecule has 1 aliphatic heterocycles. The molecule has 8 heteroatoms. The van der Waals surface area contributed by atoms with E-state index in [1.807, 2.05) is 12.1 Å². The van der Waals surface area contributed by atoms with Gasteiger partial charge in [-0.3, -0.25) is 4.79 Å². The van der Waals surface area contributed by atoms with Crippen LogP contribution in [0.5, 0.6) is 17.2 Å². The molecule has 0 bridgehead atoms. The number of benzene rings is 2. The summed E-state index contributed by atoms with van der Waals surface area (Å²) in [7, 11) is 0. The number of furan rings is 1. The van der Waals surface area contributed by atoms with Crippen LogP contribution in [0.2, 0.25) is 0 Å². The van der Waals surface area contributed by atoms with Crippen LogP contribution in [0.1, 0.15) is 24.2 Å². The number of aryl methyl sites for hydroxylation is 2. The van der Waals surface area contributed by atoms with E-state index in [9.17, 15) is 9.59 Å². The fourth-order valence-corrected chi connectivity index (χ4v) is 3.98. The minimum Gasteiger partial charge on any atom is -0.486 e. The van der Waals surface area contributed by atoms with Crippen molar-refractivity contribution in [1.29, 1.82) is 0 Å². The smallest absolute Gasteiger partial charge is 0.344 e. The standard InChI is InChI=1S/C24H23NO7/c26-23(25-15-5-7-21-22(11-15)29-10-9-28-21)13-31-24(27)14-30-16-6-8-20-18(12-16)17-3-1-2-4-19(17)32-20/h5-8,11-12H,1-4,9-10,13-14H2,(H,25,26). The summed E-state index contributed by atoms with van der Waals surface area (Å²) < 4.78 is 27.4. The van der Waals surface area contributed by atoms with E-state index in [2.05, 4.69) is 5.32 Å².